The van der Waals surface area contributed by atoms with E-state index in [0.29, 0.717) is 28.3 Å². The summed E-state index contributed by atoms with van der Waals surface area (Å²) in [7, 11) is 0. The monoisotopic (exact) mass is 362 g/mol. The largest absolute Gasteiger partial charge is 0.482 e. The molecule has 3 rings (SSSR count). The molecule has 134 valence electrons. The van der Waals surface area contributed by atoms with Gasteiger partial charge in [0.25, 0.3) is 11.8 Å². The first-order chi connectivity index (χ1) is 12.3. The number of benzene rings is 2. The predicted molar refractivity (Wildman–Crippen MR) is 90.1 cm³/mol. The Bertz CT molecular complexity index is 874. The highest BCUT2D eigenvalue weighted by atomic mass is 19.4. The van der Waals surface area contributed by atoms with E-state index in [4.69, 9.17) is 4.74 Å². The minimum atomic E-state index is -4.38. The number of rotatable bonds is 3. The predicted octanol–water partition coefficient (Wildman–Crippen LogP) is 3.85. The van der Waals surface area contributed by atoms with E-state index < -0.39 is 12.1 Å². The van der Waals surface area contributed by atoms with Crippen molar-refractivity contribution in [3.8, 4) is 5.75 Å². The molecule has 5 nitrogen and oxygen atoms in total. The number of amides is 2. The number of ether oxygens (including phenoxy) is 1. The van der Waals surface area contributed by atoms with Crippen molar-refractivity contribution in [1.29, 1.82) is 0 Å². The Morgan fingerprint density at radius 3 is 2.58 bits per heavy atom. The van der Waals surface area contributed by atoms with E-state index in [0.717, 1.165) is 6.08 Å². The van der Waals surface area contributed by atoms with Gasteiger partial charge in [0.05, 0.1) is 5.69 Å². The number of halogens is 3. The lowest BCUT2D eigenvalue weighted by atomic mass is 10.1. The van der Waals surface area contributed by atoms with Gasteiger partial charge in [-0.1, -0.05) is 18.2 Å². The van der Waals surface area contributed by atoms with Crippen molar-refractivity contribution in [1.82, 2.24) is 0 Å². The number of hydrogen-bond acceptors (Lipinski definition) is 3. The minimum absolute atomic E-state index is 0.0999. The number of anilines is 2. The van der Waals surface area contributed by atoms with E-state index in [1.54, 1.807) is 18.2 Å². The lowest BCUT2D eigenvalue weighted by Crippen LogP contribution is -2.25. The molecule has 2 N–H and O–H groups in total. The first-order valence-corrected chi connectivity index (χ1v) is 7.54. The molecule has 0 saturated carbocycles. The standard InChI is InChI=1S/C18H13F3N2O3/c19-18(20,21)8-7-11-1-3-12(4-2-11)17(25)22-13-5-6-14-15(9-13)26-10-16(24)23-14/h1-9H,10H2,(H,22,25)(H,23,24). The van der Waals surface area contributed by atoms with Gasteiger partial charge in [0, 0.05) is 23.4 Å². The van der Waals surface area contributed by atoms with Gasteiger partial charge in [0.15, 0.2) is 6.61 Å². The molecule has 8 heteroatoms. The van der Waals surface area contributed by atoms with Crippen LogP contribution in [0.4, 0.5) is 24.5 Å². The maximum atomic E-state index is 12.2. The third kappa shape index (κ3) is 4.41. The Morgan fingerprint density at radius 2 is 1.88 bits per heavy atom. The summed E-state index contributed by atoms with van der Waals surface area (Å²) < 4.78 is 41.7. The summed E-state index contributed by atoms with van der Waals surface area (Å²) in [6.45, 7) is -0.0999. The van der Waals surface area contributed by atoms with Crippen LogP contribution in [-0.4, -0.2) is 24.6 Å². The van der Waals surface area contributed by atoms with Gasteiger partial charge in [0.2, 0.25) is 0 Å². The highest BCUT2D eigenvalue weighted by molar-refractivity contribution is 6.05. The molecule has 2 aromatic rings. The van der Waals surface area contributed by atoms with Crippen LogP contribution < -0.4 is 15.4 Å². The SMILES string of the molecule is O=C1COc2cc(NC(=O)c3ccc(C=CC(F)(F)F)cc3)ccc2N1. The fourth-order valence-electron chi connectivity index (χ4n) is 2.29. The Morgan fingerprint density at radius 1 is 1.15 bits per heavy atom. The molecule has 0 atom stereocenters. The molecule has 0 fully saturated rings. The summed E-state index contributed by atoms with van der Waals surface area (Å²) in [5.41, 5.74) is 1.60. The van der Waals surface area contributed by atoms with Crippen LogP contribution in [0.3, 0.4) is 0 Å². The zero-order valence-electron chi connectivity index (χ0n) is 13.3. The summed E-state index contributed by atoms with van der Waals surface area (Å²) in [6, 6.07) is 10.5. The molecule has 26 heavy (non-hydrogen) atoms. The molecule has 0 saturated heterocycles. The van der Waals surface area contributed by atoms with Gasteiger partial charge in [0.1, 0.15) is 5.75 Å². The van der Waals surface area contributed by atoms with Gasteiger partial charge in [-0.15, -0.1) is 0 Å². The second-order valence-corrected chi connectivity index (χ2v) is 5.50. The van der Waals surface area contributed by atoms with Crippen molar-refractivity contribution in [2.24, 2.45) is 0 Å². The Hall–Kier alpha value is -3.29. The van der Waals surface area contributed by atoms with E-state index in [1.165, 1.54) is 24.3 Å². The molecule has 1 aliphatic rings. The van der Waals surface area contributed by atoms with Gasteiger partial charge in [-0.3, -0.25) is 9.59 Å². The molecule has 0 aromatic heterocycles. The van der Waals surface area contributed by atoms with Crippen LogP contribution in [0.5, 0.6) is 5.75 Å². The zero-order valence-corrected chi connectivity index (χ0v) is 13.3. The van der Waals surface area contributed by atoms with Crippen molar-refractivity contribution in [3.63, 3.8) is 0 Å². The smallest absolute Gasteiger partial charge is 0.409 e. The highest BCUT2D eigenvalue weighted by Gasteiger charge is 2.21. The average Bonchev–Trinajstić information content (AvgIpc) is 2.60. The molecular formula is C18H13F3N2O3. The molecule has 0 unspecified atom stereocenters. The molecule has 0 bridgehead atoms. The van der Waals surface area contributed by atoms with E-state index in [-0.39, 0.29) is 18.6 Å². The Labute approximate surface area is 146 Å². The number of hydrogen-bond donors (Lipinski definition) is 2. The van der Waals surface area contributed by atoms with Gasteiger partial charge in [-0.2, -0.15) is 13.2 Å². The molecule has 0 radical (unpaired) electrons. The lowest BCUT2D eigenvalue weighted by Gasteiger charge is -2.18. The molecule has 1 heterocycles. The molecule has 0 aliphatic carbocycles. The number of carbonyl (C=O) groups is 2. The van der Waals surface area contributed by atoms with Crippen LogP contribution in [0.15, 0.2) is 48.5 Å². The van der Waals surface area contributed by atoms with Crippen LogP contribution in [-0.2, 0) is 4.79 Å². The van der Waals surface area contributed by atoms with Crippen molar-refractivity contribution < 1.29 is 27.5 Å². The van der Waals surface area contributed by atoms with Crippen LogP contribution in [0.2, 0.25) is 0 Å². The van der Waals surface area contributed by atoms with Crippen molar-refractivity contribution in [3.05, 3.63) is 59.7 Å². The molecule has 1 aliphatic heterocycles. The Balaban J connectivity index is 1.68. The normalized spacial score (nSPS) is 13.7. The van der Waals surface area contributed by atoms with Gasteiger partial charge < -0.3 is 15.4 Å². The number of carbonyl (C=O) groups excluding carboxylic acids is 2. The summed E-state index contributed by atoms with van der Waals surface area (Å²) in [6.07, 6.45) is -3.32. The quantitative estimate of drug-likeness (QED) is 0.872. The second-order valence-electron chi connectivity index (χ2n) is 5.50. The fourth-order valence-corrected chi connectivity index (χ4v) is 2.29. The van der Waals surface area contributed by atoms with Gasteiger partial charge in [-0.25, -0.2) is 0 Å². The summed E-state index contributed by atoms with van der Waals surface area (Å²) in [5, 5.41) is 5.30. The van der Waals surface area contributed by atoms with Gasteiger partial charge in [-0.05, 0) is 29.8 Å². The first-order valence-electron chi connectivity index (χ1n) is 7.54. The Kier molecular flexibility index (Phi) is 4.66. The fraction of sp³-hybridized carbons (Fsp3) is 0.111. The van der Waals surface area contributed by atoms with Crippen LogP contribution >= 0.6 is 0 Å². The van der Waals surface area contributed by atoms with Crippen molar-refractivity contribution in [2.45, 2.75) is 6.18 Å². The molecule has 0 spiro atoms. The lowest BCUT2D eigenvalue weighted by molar-refractivity contribution is -0.118. The average molecular weight is 362 g/mol. The third-order valence-corrected chi connectivity index (χ3v) is 3.51. The number of alkyl halides is 3. The molecule has 2 aromatic carbocycles. The van der Waals surface area contributed by atoms with Crippen LogP contribution in [0.25, 0.3) is 6.08 Å². The highest BCUT2D eigenvalue weighted by Crippen LogP contribution is 2.30. The maximum Gasteiger partial charge on any atom is 0.409 e. The topological polar surface area (TPSA) is 67.4 Å². The first kappa shape index (κ1) is 17.5. The maximum absolute atomic E-state index is 12.2. The number of allylic oxidation sites excluding steroid dienone is 1. The zero-order chi connectivity index (χ0) is 18.7. The third-order valence-electron chi connectivity index (χ3n) is 3.51. The van der Waals surface area contributed by atoms with Crippen LogP contribution in [0.1, 0.15) is 15.9 Å². The molecule has 2 amide bonds. The van der Waals surface area contributed by atoms with Crippen molar-refractivity contribution >= 4 is 29.3 Å². The number of nitrogens with one attached hydrogen (secondary N) is 2. The van der Waals surface area contributed by atoms with Crippen molar-refractivity contribution in [2.75, 3.05) is 17.2 Å². The second kappa shape index (κ2) is 6.91. The summed E-state index contributed by atoms with van der Waals surface area (Å²) in [5.74, 6) is -0.236. The van der Waals surface area contributed by atoms with E-state index >= 15 is 0 Å². The molecular weight excluding hydrogens is 349 g/mol. The number of fused-ring (bicyclic) bond motifs is 1. The van der Waals surface area contributed by atoms with Gasteiger partial charge >= 0.3 is 6.18 Å². The minimum Gasteiger partial charge on any atom is -0.482 e. The van der Waals surface area contributed by atoms with E-state index in [9.17, 15) is 22.8 Å². The summed E-state index contributed by atoms with van der Waals surface area (Å²) in [4.78, 5) is 23.5. The van der Waals surface area contributed by atoms with Crippen LogP contribution in [0, 0.1) is 0 Å². The van der Waals surface area contributed by atoms with E-state index in [1.807, 2.05) is 0 Å². The van der Waals surface area contributed by atoms with E-state index in [2.05, 4.69) is 10.6 Å². The summed E-state index contributed by atoms with van der Waals surface area (Å²) >= 11 is 0.